The zero-order chi connectivity index (χ0) is 10.3. The minimum absolute atomic E-state index is 0.590. The number of methoxy groups -OCH3 is 2. The number of nitrogen functional groups attached to an aromatic ring is 1. The van der Waals surface area contributed by atoms with Gasteiger partial charge in [-0.2, -0.15) is 0 Å². The van der Waals surface area contributed by atoms with Crippen LogP contribution in [0.3, 0.4) is 0 Å². The molecule has 74 valence electrons. The van der Waals surface area contributed by atoms with Gasteiger partial charge in [0.1, 0.15) is 0 Å². The Morgan fingerprint density at radius 2 is 1.69 bits per heavy atom. The molecule has 0 amide bonds. The number of para-hydroxylation sites is 1. The summed E-state index contributed by atoms with van der Waals surface area (Å²) in [6.45, 7) is 4.00. The molecule has 0 fully saturated rings. The van der Waals surface area contributed by atoms with E-state index in [1.54, 1.807) is 26.4 Å². The quantitative estimate of drug-likeness (QED) is 0.715. The fourth-order valence-corrected chi connectivity index (χ4v) is 0.912. The van der Waals surface area contributed by atoms with Gasteiger partial charge in [-0.25, -0.2) is 0 Å². The first-order valence-electron chi connectivity index (χ1n) is 4.26. The molecule has 0 heterocycles. The lowest BCUT2D eigenvalue weighted by Gasteiger charge is -2.08. The van der Waals surface area contributed by atoms with Crippen molar-refractivity contribution >= 4 is 5.69 Å². The Kier molecular flexibility index (Phi) is 5.52. The van der Waals surface area contributed by atoms with Gasteiger partial charge >= 0.3 is 0 Å². The lowest BCUT2D eigenvalue weighted by Crippen LogP contribution is -1.95. The predicted molar refractivity (Wildman–Crippen MR) is 55.3 cm³/mol. The normalized spacial score (nSPS) is 8.31. The van der Waals surface area contributed by atoms with E-state index in [-0.39, 0.29) is 0 Å². The van der Waals surface area contributed by atoms with Gasteiger partial charge in [-0.05, 0) is 12.1 Å². The molecule has 0 aliphatic rings. The summed E-state index contributed by atoms with van der Waals surface area (Å²) in [6, 6.07) is 5.38. The Hall–Kier alpha value is -1.38. The molecule has 1 rings (SSSR count). The van der Waals surface area contributed by atoms with Crippen molar-refractivity contribution in [3.63, 3.8) is 0 Å². The van der Waals surface area contributed by atoms with E-state index in [2.05, 4.69) is 0 Å². The summed E-state index contributed by atoms with van der Waals surface area (Å²) in [5.74, 6) is 1.25. The lowest BCUT2D eigenvalue weighted by atomic mass is 10.3. The van der Waals surface area contributed by atoms with Gasteiger partial charge in [0.15, 0.2) is 11.5 Å². The summed E-state index contributed by atoms with van der Waals surface area (Å²) < 4.78 is 10.0. The maximum absolute atomic E-state index is 5.60. The van der Waals surface area contributed by atoms with E-state index in [1.165, 1.54) is 0 Å². The molecular formula is C10H17NO2. The van der Waals surface area contributed by atoms with Crippen molar-refractivity contribution in [2.45, 2.75) is 13.8 Å². The summed E-state index contributed by atoms with van der Waals surface area (Å²) in [4.78, 5) is 0. The zero-order valence-electron chi connectivity index (χ0n) is 8.63. The summed E-state index contributed by atoms with van der Waals surface area (Å²) in [6.07, 6.45) is 0. The van der Waals surface area contributed by atoms with Crippen LogP contribution < -0.4 is 15.2 Å². The van der Waals surface area contributed by atoms with Crippen LogP contribution in [0.2, 0.25) is 0 Å². The predicted octanol–water partition coefficient (Wildman–Crippen LogP) is 2.31. The third-order valence-electron chi connectivity index (χ3n) is 1.43. The maximum atomic E-state index is 5.60. The standard InChI is InChI=1S/C8H11NO2.C2H6/c1-10-7-5-3-4-6(9)8(7)11-2;1-2/h3-5H,9H2,1-2H3;1-2H3. The average Bonchev–Trinajstić information content (AvgIpc) is 2.20. The van der Waals surface area contributed by atoms with E-state index < -0.39 is 0 Å². The first-order chi connectivity index (χ1) is 6.29. The van der Waals surface area contributed by atoms with E-state index in [1.807, 2.05) is 19.9 Å². The summed E-state index contributed by atoms with van der Waals surface area (Å²) >= 11 is 0. The largest absolute Gasteiger partial charge is 0.493 e. The number of rotatable bonds is 2. The summed E-state index contributed by atoms with van der Waals surface area (Å²) in [5.41, 5.74) is 6.19. The Labute approximate surface area is 79.5 Å². The molecule has 3 heteroatoms. The Balaban J connectivity index is 0.000000671. The van der Waals surface area contributed by atoms with Crippen LogP contribution in [0.25, 0.3) is 0 Å². The van der Waals surface area contributed by atoms with Crippen molar-refractivity contribution in [1.29, 1.82) is 0 Å². The molecule has 0 aliphatic carbocycles. The third kappa shape index (κ3) is 2.86. The van der Waals surface area contributed by atoms with Crippen LogP contribution in [0.1, 0.15) is 13.8 Å². The van der Waals surface area contributed by atoms with E-state index in [0.717, 1.165) is 0 Å². The van der Waals surface area contributed by atoms with E-state index in [0.29, 0.717) is 17.2 Å². The first kappa shape index (κ1) is 11.6. The molecule has 0 atom stereocenters. The molecule has 0 radical (unpaired) electrons. The fraction of sp³-hybridized carbons (Fsp3) is 0.400. The van der Waals surface area contributed by atoms with Crippen LogP contribution in [-0.2, 0) is 0 Å². The SMILES string of the molecule is CC.COc1cccc(N)c1OC. The highest BCUT2D eigenvalue weighted by Gasteiger charge is 2.04. The Morgan fingerprint density at radius 3 is 2.08 bits per heavy atom. The van der Waals surface area contributed by atoms with Crippen LogP contribution in [0.15, 0.2) is 18.2 Å². The van der Waals surface area contributed by atoms with Crippen molar-refractivity contribution in [1.82, 2.24) is 0 Å². The van der Waals surface area contributed by atoms with Gasteiger partial charge in [0, 0.05) is 0 Å². The highest BCUT2D eigenvalue weighted by atomic mass is 16.5. The van der Waals surface area contributed by atoms with Crippen LogP contribution in [0, 0.1) is 0 Å². The van der Waals surface area contributed by atoms with Gasteiger partial charge in [-0.1, -0.05) is 19.9 Å². The molecule has 3 nitrogen and oxygen atoms in total. The zero-order valence-corrected chi connectivity index (χ0v) is 8.63. The molecule has 13 heavy (non-hydrogen) atoms. The second-order valence-electron chi connectivity index (χ2n) is 2.08. The summed E-state index contributed by atoms with van der Waals surface area (Å²) in [5, 5.41) is 0. The van der Waals surface area contributed by atoms with Gasteiger partial charge in [0.25, 0.3) is 0 Å². The van der Waals surface area contributed by atoms with Crippen LogP contribution in [0.5, 0.6) is 11.5 Å². The first-order valence-corrected chi connectivity index (χ1v) is 4.26. The van der Waals surface area contributed by atoms with Gasteiger partial charge in [0.2, 0.25) is 0 Å². The van der Waals surface area contributed by atoms with Crippen molar-refractivity contribution in [3.8, 4) is 11.5 Å². The minimum Gasteiger partial charge on any atom is -0.493 e. The Bertz CT molecular complexity index is 249. The van der Waals surface area contributed by atoms with Crippen LogP contribution >= 0.6 is 0 Å². The maximum Gasteiger partial charge on any atom is 0.183 e. The molecule has 1 aromatic carbocycles. The highest BCUT2D eigenvalue weighted by Crippen LogP contribution is 2.31. The van der Waals surface area contributed by atoms with Crippen molar-refractivity contribution in [3.05, 3.63) is 18.2 Å². The molecule has 0 aliphatic heterocycles. The average molecular weight is 183 g/mol. The molecule has 0 saturated carbocycles. The fourth-order valence-electron chi connectivity index (χ4n) is 0.912. The van der Waals surface area contributed by atoms with Crippen molar-refractivity contribution in [2.75, 3.05) is 20.0 Å². The molecule has 0 unspecified atom stereocenters. The second-order valence-corrected chi connectivity index (χ2v) is 2.08. The number of anilines is 1. The van der Waals surface area contributed by atoms with Gasteiger partial charge in [-0.15, -0.1) is 0 Å². The smallest absolute Gasteiger partial charge is 0.183 e. The van der Waals surface area contributed by atoms with Crippen LogP contribution in [-0.4, -0.2) is 14.2 Å². The molecule has 2 N–H and O–H groups in total. The molecule has 0 aromatic heterocycles. The Morgan fingerprint density at radius 1 is 1.08 bits per heavy atom. The number of benzene rings is 1. The van der Waals surface area contributed by atoms with Gasteiger partial charge in [-0.3, -0.25) is 0 Å². The number of hydrogen-bond donors (Lipinski definition) is 1. The third-order valence-corrected chi connectivity index (χ3v) is 1.43. The molecule has 0 spiro atoms. The van der Waals surface area contributed by atoms with Gasteiger partial charge in [0.05, 0.1) is 19.9 Å². The lowest BCUT2D eigenvalue weighted by molar-refractivity contribution is 0.356. The minimum atomic E-state index is 0.590. The number of hydrogen-bond acceptors (Lipinski definition) is 3. The van der Waals surface area contributed by atoms with E-state index in [9.17, 15) is 0 Å². The van der Waals surface area contributed by atoms with E-state index in [4.69, 9.17) is 15.2 Å². The molecular weight excluding hydrogens is 166 g/mol. The topological polar surface area (TPSA) is 44.5 Å². The van der Waals surface area contributed by atoms with Crippen molar-refractivity contribution < 1.29 is 9.47 Å². The highest BCUT2D eigenvalue weighted by molar-refractivity contribution is 5.59. The van der Waals surface area contributed by atoms with E-state index >= 15 is 0 Å². The second kappa shape index (κ2) is 6.17. The number of ether oxygens (including phenoxy) is 2. The van der Waals surface area contributed by atoms with Crippen LogP contribution in [0.4, 0.5) is 5.69 Å². The molecule has 0 saturated heterocycles. The summed E-state index contributed by atoms with van der Waals surface area (Å²) in [7, 11) is 3.14. The van der Waals surface area contributed by atoms with Crippen molar-refractivity contribution in [2.24, 2.45) is 0 Å². The molecule has 1 aromatic rings. The number of nitrogens with two attached hydrogens (primary N) is 1. The molecule has 0 bridgehead atoms. The van der Waals surface area contributed by atoms with Gasteiger partial charge < -0.3 is 15.2 Å². The monoisotopic (exact) mass is 183 g/mol.